The van der Waals surface area contributed by atoms with E-state index in [2.05, 4.69) is 54.6 Å². The Hall–Kier alpha value is -0.860. The van der Waals surface area contributed by atoms with E-state index < -0.39 is 0 Å². The molecular formula is C14H22N2. The third-order valence-electron chi connectivity index (χ3n) is 3.41. The van der Waals surface area contributed by atoms with Gasteiger partial charge in [-0.25, -0.2) is 0 Å². The number of hydrogen-bond donors (Lipinski definition) is 1. The molecule has 1 unspecified atom stereocenters. The van der Waals surface area contributed by atoms with Crippen molar-refractivity contribution in [3.63, 3.8) is 0 Å². The third-order valence-corrected chi connectivity index (χ3v) is 3.41. The number of rotatable bonds is 3. The topological polar surface area (TPSA) is 15.3 Å². The van der Waals surface area contributed by atoms with Gasteiger partial charge in [0.05, 0.1) is 5.54 Å². The van der Waals surface area contributed by atoms with Gasteiger partial charge in [-0.1, -0.05) is 30.3 Å². The van der Waals surface area contributed by atoms with Gasteiger partial charge in [0.25, 0.3) is 0 Å². The molecule has 1 aliphatic rings. The summed E-state index contributed by atoms with van der Waals surface area (Å²) in [4.78, 5) is 2.28. The molecule has 0 aromatic heterocycles. The molecule has 1 aromatic rings. The SMILES string of the molecule is CN(C)CC1(c2ccccc2)CCCCN1. The van der Waals surface area contributed by atoms with Crippen molar-refractivity contribution in [3.05, 3.63) is 35.9 Å². The van der Waals surface area contributed by atoms with Crippen molar-refractivity contribution in [1.82, 2.24) is 10.2 Å². The zero-order valence-electron chi connectivity index (χ0n) is 10.4. The van der Waals surface area contributed by atoms with Gasteiger partial charge in [-0.15, -0.1) is 0 Å². The van der Waals surface area contributed by atoms with E-state index in [1.807, 2.05) is 0 Å². The van der Waals surface area contributed by atoms with Gasteiger partial charge in [-0.05, 0) is 45.5 Å². The minimum Gasteiger partial charge on any atom is -0.307 e. The standard InChI is InChI=1S/C14H22N2/c1-16(2)12-14(10-6-7-11-15-14)13-8-4-3-5-9-13/h3-5,8-9,15H,6-7,10-12H2,1-2H3. The van der Waals surface area contributed by atoms with Crippen molar-refractivity contribution in [3.8, 4) is 0 Å². The fraction of sp³-hybridized carbons (Fsp3) is 0.571. The molecular weight excluding hydrogens is 196 g/mol. The maximum absolute atomic E-state index is 3.74. The Kier molecular flexibility index (Phi) is 3.62. The van der Waals surface area contributed by atoms with Gasteiger partial charge >= 0.3 is 0 Å². The van der Waals surface area contributed by atoms with Crippen LogP contribution < -0.4 is 5.32 Å². The molecule has 1 N–H and O–H groups in total. The maximum Gasteiger partial charge on any atom is 0.0563 e. The lowest BCUT2D eigenvalue weighted by Crippen LogP contribution is -2.52. The lowest BCUT2D eigenvalue weighted by atomic mass is 9.82. The second-order valence-electron chi connectivity index (χ2n) is 5.07. The first-order chi connectivity index (χ1) is 7.73. The van der Waals surface area contributed by atoms with Crippen LogP contribution in [-0.2, 0) is 5.54 Å². The van der Waals surface area contributed by atoms with Crippen molar-refractivity contribution >= 4 is 0 Å². The Labute approximate surface area is 98.7 Å². The molecule has 2 heteroatoms. The number of benzene rings is 1. The minimum atomic E-state index is 0.170. The first-order valence-corrected chi connectivity index (χ1v) is 6.18. The molecule has 0 aliphatic carbocycles. The molecule has 1 heterocycles. The van der Waals surface area contributed by atoms with Crippen molar-refractivity contribution in [2.24, 2.45) is 0 Å². The lowest BCUT2D eigenvalue weighted by molar-refractivity contribution is 0.190. The smallest absolute Gasteiger partial charge is 0.0563 e. The highest BCUT2D eigenvalue weighted by Crippen LogP contribution is 2.30. The van der Waals surface area contributed by atoms with Gasteiger partial charge in [0.2, 0.25) is 0 Å². The molecule has 0 bridgehead atoms. The van der Waals surface area contributed by atoms with Gasteiger partial charge in [-0.2, -0.15) is 0 Å². The molecule has 0 radical (unpaired) electrons. The van der Waals surface area contributed by atoms with E-state index in [1.54, 1.807) is 0 Å². The summed E-state index contributed by atoms with van der Waals surface area (Å²) in [5.41, 5.74) is 1.60. The Morgan fingerprint density at radius 2 is 1.94 bits per heavy atom. The van der Waals surface area contributed by atoms with E-state index >= 15 is 0 Å². The molecule has 1 aromatic carbocycles. The monoisotopic (exact) mass is 218 g/mol. The van der Waals surface area contributed by atoms with E-state index in [0.29, 0.717) is 0 Å². The zero-order valence-corrected chi connectivity index (χ0v) is 10.4. The molecule has 16 heavy (non-hydrogen) atoms. The molecule has 1 atom stereocenters. The molecule has 2 nitrogen and oxygen atoms in total. The van der Waals surface area contributed by atoms with Gasteiger partial charge in [-0.3, -0.25) is 0 Å². The van der Waals surface area contributed by atoms with E-state index in [0.717, 1.165) is 13.1 Å². The predicted molar refractivity (Wildman–Crippen MR) is 68.5 cm³/mol. The van der Waals surface area contributed by atoms with Crippen LogP contribution in [0.2, 0.25) is 0 Å². The Morgan fingerprint density at radius 1 is 1.19 bits per heavy atom. The zero-order chi connectivity index (χ0) is 11.4. The average molecular weight is 218 g/mol. The average Bonchev–Trinajstić information content (AvgIpc) is 2.30. The van der Waals surface area contributed by atoms with E-state index in [-0.39, 0.29) is 5.54 Å². The van der Waals surface area contributed by atoms with Gasteiger partial charge in [0.1, 0.15) is 0 Å². The molecule has 2 rings (SSSR count). The van der Waals surface area contributed by atoms with Crippen LogP contribution in [0.25, 0.3) is 0 Å². The van der Waals surface area contributed by atoms with Crippen LogP contribution in [0.15, 0.2) is 30.3 Å². The minimum absolute atomic E-state index is 0.170. The fourth-order valence-electron chi connectivity index (χ4n) is 2.74. The van der Waals surface area contributed by atoms with Crippen LogP contribution in [0.5, 0.6) is 0 Å². The molecule has 0 spiro atoms. The molecule has 1 saturated heterocycles. The Bertz CT molecular complexity index is 313. The number of nitrogens with one attached hydrogen (secondary N) is 1. The summed E-state index contributed by atoms with van der Waals surface area (Å²) < 4.78 is 0. The van der Waals surface area contributed by atoms with Crippen molar-refractivity contribution in [2.75, 3.05) is 27.2 Å². The highest BCUT2D eigenvalue weighted by atomic mass is 15.1. The summed E-state index contributed by atoms with van der Waals surface area (Å²) >= 11 is 0. The third kappa shape index (κ3) is 2.45. The van der Waals surface area contributed by atoms with Crippen LogP contribution in [0.1, 0.15) is 24.8 Å². The first kappa shape index (κ1) is 11.6. The van der Waals surface area contributed by atoms with E-state index in [9.17, 15) is 0 Å². The maximum atomic E-state index is 3.74. The molecule has 0 amide bonds. The molecule has 0 saturated carbocycles. The second kappa shape index (κ2) is 4.98. The normalized spacial score (nSPS) is 25.9. The summed E-state index contributed by atoms with van der Waals surface area (Å²) in [6, 6.07) is 10.9. The second-order valence-corrected chi connectivity index (χ2v) is 5.07. The van der Waals surface area contributed by atoms with Crippen LogP contribution in [0.3, 0.4) is 0 Å². The van der Waals surface area contributed by atoms with Crippen LogP contribution in [0.4, 0.5) is 0 Å². The molecule has 88 valence electrons. The van der Waals surface area contributed by atoms with E-state index in [4.69, 9.17) is 0 Å². The number of nitrogens with zero attached hydrogens (tertiary/aromatic N) is 1. The number of likely N-dealkylation sites (N-methyl/N-ethyl adjacent to an activating group) is 1. The van der Waals surface area contributed by atoms with Crippen molar-refractivity contribution in [2.45, 2.75) is 24.8 Å². The first-order valence-electron chi connectivity index (χ1n) is 6.18. The van der Waals surface area contributed by atoms with Crippen LogP contribution in [0, 0.1) is 0 Å². The Morgan fingerprint density at radius 3 is 2.50 bits per heavy atom. The predicted octanol–water partition coefficient (Wildman–Crippen LogP) is 2.22. The quantitative estimate of drug-likeness (QED) is 0.837. The number of hydrogen-bond acceptors (Lipinski definition) is 2. The highest BCUT2D eigenvalue weighted by molar-refractivity contribution is 5.25. The summed E-state index contributed by atoms with van der Waals surface area (Å²) in [5.74, 6) is 0. The summed E-state index contributed by atoms with van der Waals surface area (Å²) in [5, 5.41) is 3.74. The van der Waals surface area contributed by atoms with Crippen molar-refractivity contribution < 1.29 is 0 Å². The van der Waals surface area contributed by atoms with Gasteiger partial charge in [0, 0.05) is 6.54 Å². The summed E-state index contributed by atoms with van der Waals surface area (Å²) in [7, 11) is 4.31. The highest BCUT2D eigenvalue weighted by Gasteiger charge is 2.33. The number of piperidine rings is 1. The lowest BCUT2D eigenvalue weighted by Gasteiger charge is -2.41. The van der Waals surface area contributed by atoms with Crippen LogP contribution in [-0.4, -0.2) is 32.1 Å². The summed E-state index contributed by atoms with van der Waals surface area (Å²) in [6.07, 6.45) is 3.88. The summed E-state index contributed by atoms with van der Waals surface area (Å²) in [6.45, 7) is 2.22. The van der Waals surface area contributed by atoms with Crippen LogP contribution >= 0.6 is 0 Å². The molecule has 1 aliphatic heterocycles. The van der Waals surface area contributed by atoms with Crippen molar-refractivity contribution in [1.29, 1.82) is 0 Å². The fourth-order valence-corrected chi connectivity index (χ4v) is 2.74. The molecule has 1 fully saturated rings. The largest absolute Gasteiger partial charge is 0.307 e. The van der Waals surface area contributed by atoms with Gasteiger partial charge in [0.15, 0.2) is 0 Å². The Balaban J connectivity index is 2.26. The van der Waals surface area contributed by atoms with Gasteiger partial charge < -0.3 is 10.2 Å². The van der Waals surface area contributed by atoms with E-state index in [1.165, 1.54) is 24.8 Å².